The Kier molecular flexibility index (Phi) is 4.44. The molecule has 1 spiro atoms. The molecule has 4 nitrogen and oxygen atoms in total. The van der Waals surface area contributed by atoms with E-state index in [0.717, 1.165) is 25.9 Å². The highest BCUT2D eigenvalue weighted by Crippen LogP contribution is 2.49. The van der Waals surface area contributed by atoms with Crippen LogP contribution in [0.1, 0.15) is 32.6 Å². The molecule has 1 heterocycles. The SMILES string of the molecule is CCN(C(=O)O)C1CC2(CCNCC2)C1.Cl. The average molecular weight is 249 g/mol. The highest BCUT2D eigenvalue weighted by atomic mass is 35.5. The molecule has 1 saturated heterocycles. The van der Waals surface area contributed by atoms with E-state index in [-0.39, 0.29) is 18.4 Å². The molecule has 2 rings (SSSR count). The van der Waals surface area contributed by atoms with Crippen molar-refractivity contribution in [1.29, 1.82) is 0 Å². The highest BCUT2D eigenvalue weighted by molar-refractivity contribution is 5.85. The quantitative estimate of drug-likeness (QED) is 0.785. The van der Waals surface area contributed by atoms with E-state index < -0.39 is 6.09 Å². The van der Waals surface area contributed by atoms with Crippen molar-refractivity contribution in [2.45, 2.75) is 38.6 Å². The number of amides is 1. The van der Waals surface area contributed by atoms with Gasteiger partial charge in [-0.2, -0.15) is 0 Å². The summed E-state index contributed by atoms with van der Waals surface area (Å²) in [6.07, 6.45) is 3.84. The molecule has 0 unspecified atom stereocenters. The van der Waals surface area contributed by atoms with Gasteiger partial charge in [-0.1, -0.05) is 0 Å². The molecule has 1 aliphatic carbocycles. The number of halogens is 1. The second kappa shape index (κ2) is 5.23. The van der Waals surface area contributed by atoms with Gasteiger partial charge in [-0.25, -0.2) is 4.79 Å². The minimum Gasteiger partial charge on any atom is -0.465 e. The molecule has 0 aromatic heterocycles. The minimum atomic E-state index is -0.758. The summed E-state index contributed by atoms with van der Waals surface area (Å²) < 4.78 is 0. The largest absolute Gasteiger partial charge is 0.465 e. The lowest BCUT2D eigenvalue weighted by molar-refractivity contribution is -0.0111. The maximum Gasteiger partial charge on any atom is 0.407 e. The zero-order valence-electron chi connectivity index (χ0n) is 9.74. The zero-order chi connectivity index (χ0) is 10.9. The first-order valence-corrected chi connectivity index (χ1v) is 5.87. The Bertz CT molecular complexity index is 246. The van der Waals surface area contributed by atoms with Gasteiger partial charge in [0.25, 0.3) is 0 Å². The molecule has 2 N–H and O–H groups in total. The maximum absolute atomic E-state index is 10.9. The van der Waals surface area contributed by atoms with Crippen LogP contribution in [0.2, 0.25) is 0 Å². The van der Waals surface area contributed by atoms with Crippen LogP contribution >= 0.6 is 12.4 Å². The first-order valence-electron chi connectivity index (χ1n) is 5.87. The maximum atomic E-state index is 10.9. The van der Waals surface area contributed by atoms with Gasteiger partial charge in [0.1, 0.15) is 0 Å². The van der Waals surface area contributed by atoms with Gasteiger partial charge in [0, 0.05) is 12.6 Å². The third-order valence-corrected chi connectivity index (χ3v) is 4.03. The fraction of sp³-hybridized carbons (Fsp3) is 0.909. The summed E-state index contributed by atoms with van der Waals surface area (Å²) in [5.41, 5.74) is 0.471. The van der Waals surface area contributed by atoms with Crippen LogP contribution < -0.4 is 5.32 Å². The summed E-state index contributed by atoms with van der Waals surface area (Å²) >= 11 is 0. The predicted molar refractivity (Wildman–Crippen MR) is 65.2 cm³/mol. The van der Waals surface area contributed by atoms with Crippen molar-refractivity contribution in [1.82, 2.24) is 10.2 Å². The Hall–Kier alpha value is -0.480. The second-order valence-corrected chi connectivity index (χ2v) is 4.88. The molecular weight excluding hydrogens is 228 g/mol. The number of rotatable bonds is 2. The van der Waals surface area contributed by atoms with Gasteiger partial charge >= 0.3 is 6.09 Å². The summed E-state index contributed by atoms with van der Waals surface area (Å²) in [5.74, 6) is 0. The van der Waals surface area contributed by atoms with Crippen molar-refractivity contribution in [3.8, 4) is 0 Å². The van der Waals surface area contributed by atoms with E-state index in [1.807, 2.05) is 6.92 Å². The van der Waals surface area contributed by atoms with E-state index in [9.17, 15) is 4.79 Å². The summed E-state index contributed by atoms with van der Waals surface area (Å²) in [5, 5.41) is 12.4. The van der Waals surface area contributed by atoms with E-state index in [4.69, 9.17) is 5.11 Å². The molecule has 1 amide bonds. The molecule has 0 radical (unpaired) electrons. The monoisotopic (exact) mass is 248 g/mol. The van der Waals surface area contributed by atoms with Crippen LogP contribution in [0.25, 0.3) is 0 Å². The lowest BCUT2D eigenvalue weighted by Crippen LogP contribution is -2.55. The van der Waals surface area contributed by atoms with Crippen LogP contribution in [-0.2, 0) is 0 Å². The number of carboxylic acid groups (broad SMARTS) is 1. The van der Waals surface area contributed by atoms with Crippen molar-refractivity contribution < 1.29 is 9.90 Å². The third kappa shape index (κ3) is 2.43. The number of nitrogens with zero attached hydrogens (tertiary/aromatic N) is 1. The molecule has 0 aromatic carbocycles. The number of nitrogens with one attached hydrogen (secondary N) is 1. The van der Waals surface area contributed by atoms with Crippen LogP contribution in [0.3, 0.4) is 0 Å². The van der Waals surface area contributed by atoms with Gasteiger partial charge in [-0.05, 0) is 51.1 Å². The number of piperidine rings is 1. The summed E-state index contributed by atoms with van der Waals surface area (Å²) in [4.78, 5) is 12.5. The molecule has 2 aliphatic rings. The Balaban J connectivity index is 0.00000128. The van der Waals surface area contributed by atoms with Crippen molar-refractivity contribution >= 4 is 18.5 Å². The first-order chi connectivity index (χ1) is 7.17. The van der Waals surface area contributed by atoms with Crippen LogP contribution in [0.5, 0.6) is 0 Å². The van der Waals surface area contributed by atoms with Crippen molar-refractivity contribution in [2.24, 2.45) is 5.41 Å². The van der Waals surface area contributed by atoms with E-state index in [0.29, 0.717) is 12.0 Å². The van der Waals surface area contributed by atoms with Crippen LogP contribution in [0, 0.1) is 5.41 Å². The first kappa shape index (κ1) is 13.6. The van der Waals surface area contributed by atoms with Crippen LogP contribution in [0.4, 0.5) is 4.79 Å². The van der Waals surface area contributed by atoms with Gasteiger partial charge in [-0.15, -0.1) is 12.4 Å². The fourth-order valence-electron chi connectivity index (χ4n) is 3.08. The van der Waals surface area contributed by atoms with Gasteiger partial charge in [0.05, 0.1) is 0 Å². The Morgan fingerprint density at radius 3 is 2.44 bits per heavy atom. The van der Waals surface area contributed by atoms with Gasteiger partial charge in [-0.3, -0.25) is 0 Å². The molecule has 0 aromatic rings. The topological polar surface area (TPSA) is 52.6 Å². The molecule has 0 bridgehead atoms. The normalized spacial score (nSPS) is 23.3. The average Bonchev–Trinajstić information content (AvgIpc) is 2.17. The number of carbonyl (C=O) groups is 1. The molecule has 0 atom stereocenters. The lowest BCUT2D eigenvalue weighted by atomic mass is 9.60. The van der Waals surface area contributed by atoms with Crippen LogP contribution in [-0.4, -0.2) is 41.8 Å². The predicted octanol–water partition coefficient (Wildman–Crippen LogP) is 1.94. The minimum absolute atomic E-state index is 0. The molecule has 16 heavy (non-hydrogen) atoms. The van der Waals surface area contributed by atoms with Gasteiger partial charge in [0.15, 0.2) is 0 Å². The van der Waals surface area contributed by atoms with E-state index >= 15 is 0 Å². The van der Waals surface area contributed by atoms with Gasteiger partial charge in [0.2, 0.25) is 0 Å². The fourth-order valence-corrected chi connectivity index (χ4v) is 3.08. The summed E-state index contributed by atoms with van der Waals surface area (Å²) in [6.45, 7) is 4.74. The van der Waals surface area contributed by atoms with E-state index in [1.165, 1.54) is 12.8 Å². The molecule has 5 heteroatoms. The second-order valence-electron chi connectivity index (χ2n) is 4.88. The van der Waals surface area contributed by atoms with Crippen LogP contribution in [0.15, 0.2) is 0 Å². The van der Waals surface area contributed by atoms with Gasteiger partial charge < -0.3 is 15.3 Å². The number of hydrogen-bond donors (Lipinski definition) is 2. The standard InChI is InChI=1S/C11H20N2O2.ClH/c1-2-13(10(14)15)9-7-11(8-9)3-5-12-6-4-11;/h9,12H,2-8H2,1H3,(H,14,15);1H. The van der Waals surface area contributed by atoms with E-state index in [1.54, 1.807) is 4.90 Å². The van der Waals surface area contributed by atoms with Crippen molar-refractivity contribution in [3.05, 3.63) is 0 Å². The van der Waals surface area contributed by atoms with Crippen molar-refractivity contribution in [2.75, 3.05) is 19.6 Å². The molecule has 1 aliphatic heterocycles. The zero-order valence-corrected chi connectivity index (χ0v) is 10.6. The summed E-state index contributed by atoms with van der Waals surface area (Å²) in [7, 11) is 0. The summed E-state index contributed by atoms with van der Waals surface area (Å²) in [6, 6.07) is 0.283. The Morgan fingerprint density at radius 1 is 1.44 bits per heavy atom. The Morgan fingerprint density at radius 2 is 2.00 bits per heavy atom. The smallest absolute Gasteiger partial charge is 0.407 e. The third-order valence-electron chi connectivity index (χ3n) is 4.03. The molecule has 1 saturated carbocycles. The lowest BCUT2D eigenvalue weighted by Gasteiger charge is -2.53. The van der Waals surface area contributed by atoms with Crippen molar-refractivity contribution in [3.63, 3.8) is 0 Å². The number of hydrogen-bond acceptors (Lipinski definition) is 2. The molecule has 94 valence electrons. The highest BCUT2D eigenvalue weighted by Gasteiger charge is 2.47. The van der Waals surface area contributed by atoms with E-state index in [2.05, 4.69) is 5.32 Å². The Labute approximate surface area is 103 Å². The molecular formula is C11H21ClN2O2. The molecule has 2 fully saturated rings.